The molecule has 16 heteroatoms. The molecule has 0 fully saturated rings. The van der Waals surface area contributed by atoms with Gasteiger partial charge in [-0.25, -0.2) is 13.6 Å². The SMILES string of the molecule is CC(=O)[C@](N)(CCCCNC(=O)OC(C)(C)C)C(=O)NCCNC(=O)[C@@H](N)CCN(C(=O)CO)[C@@H](c1cc(-c2cc(F)ccc2F)cn1Cc1ccccc1)C(C)(C)C. The number of carbonyl (C=O) groups is 5. The fraction of sp³-hybridized carbons (Fsp3) is 0.512. The molecule has 0 radical (unpaired) electrons. The van der Waals surface area contributed by atoms with Gasteiger partial charge in [0.05, 0.1) is 12.1 Å². The Bertz CT molecular complexity index is 1910. The van der Waals surface area contributed by atoms with Crippen molar-refractivity contribution in [2.24, 2.45) is 16.9 Å². The molecule has 0 saturated heterocycles. The van der Waals surface area contributed by atoms with Gasteiger partial charge < -0.3 is 46.7 Å². The van der Waals surface area contributed by atoms with E-state index in [1.54, 1.807) is 33.0 Å². The molecule has 0 aliphatic rings. The van der Waals surface area contributed by atoms with Gasteiger partial charge in [-0.3, -0.25) is 19.2 Å². The number of halogens is 2. The maximum absolute atomic E-state index is 15.1. The van der Waals surface area contributed by atoms with Crippen LogP contribution < -0.4 is 27.4 Å². The second-order valence-electron chi connectivity index (χ2n) is 16.8. The summed E-state index contributed by atoms with van der Waals surface area (Å²) in [5.74, 6) is -3.68. The van der Waals surface area contributed by atoms with Crippen LogP contribution in [0, 0.1) is 17.0 Å². The number of alkyl carbamates (subject to hydrolysis) is 1. The number of nitrogens with zero attached hydrogens (tertiary/aromatic N) is 2. The Labute approximate surface area is 345 Å². The summed E-state index contributed by atoms with van der Waals surface area (Å²) in [6.07, 6.45) is 1.95. The van der Waals surface area contributed by atoms with Crippen LogP contribution >= 0.6 is 0 Å². The smallest absolute Gasteiger partial charge is 0.407 e. The molecular weight excluding hydrogens is 765 g/mol. The second kappa shape index (κ2) is 21.2. The number of unbranched alkanes of at least 4 members (excludes halogenated alkanes) is 1. The largest absolute Gasteiger partial charge is 0.444 e. The summed E-state index contributed by atoms with van der Waals surface area (Å²) in [5.41, 5.74) is 11.3. The minimum atomic E-state index is -1.81. The predicted octanol–water partition coefficient (Wildman–Crippen LogP) is 4.32. The Morgan fingerprint density at radius 1 is 0.898 bits per heavy atom. The van der Waals surface area contributed by atoms with Crippen LogP contribution in [-0.4, -0.2) is 94.1 Å². The number of nitrogens with one attached hydrogen (secondary N) is 3. The highest BCUT2D eigenvalue weighted by Gasteiger charge is 2.39. The van der Waals surface area contributed by atoms with Gasteiger partial charge in [-0.2, -0.15) is 0 Å². The molecule has 8 N–H and O–H groups in total. The molecule has 1 aromatic heterocycles. The lowest BCUT2D eigenvalue weighted by atomic mass is 9.82. The van der Waals surface area contributed by atoms with Gasteiger partial charge in [0.2, 0.25) is 17.7 Å². The zero-order chi connectivity index (χ0) is 44.1. The van der Waals surface area contributed by atoms with E-state index in [0.29, 0.717) is 30.6 Å². The van der Waals surface area contributed by atoms with Crippen molar-refractivity contribution < 1.29 is 42.6 Å². The first kappa shape index (κ1) is 48.2. The summed E-state index contributed by atoms with van der Waals surface area (Å²) in [6.45, 7) is 11.8. The van der Waals surface area contributed by atoms with Crippen molar-refractivity contribution >= 4 is 29.6 Å². The molecule has 1 heterocycles. The van der Waals surface area contributed by atoms with Crippen LogP contribution in [0.1, 0.15) is 91.4 Å². The fourth-order valence-electron chi connectivity index (χ4n) is 6.64. The predicted molar refractivity (Wildman–Crippen MR) is 221 cm³/mol. The van der Waals surface area contributed by atoms with E-state index in [0.717, 1.165) is 23.8 Å². The molecular formula is C43H61F2N7O7. The maximum Gasteiger partial charge on any atom is 0.407 e. The van der Waals surface area contributed by atoms with Crippen LogP contribution in [0.25, 0.3) is 11.1 Å². The van der Waals surface area contributed by atoms with E-state index >= 15 is 4.39 Å². The van der Waals surface area contributed by atoms with Gasteiger partial charge in [-0.1, -0.05) is 51.1 Å². The third-order valence-corrected chi connectivity index (χ3v) is 9.66. The van der Waals surface area contributed by atoms with E-state index in [9.17, 15) is 33.5 Å². The number of carbonyl (C=O) groups excluding carboxylic acids is 5. The summed E-state index contributed by atoms with van der Waals surface area (Å²) in [5, 5.41) is 18.0. The number of aromatic nitrogens is 1. The summed E-state index contributed by atoms with van der Waals surface area (Å²) in [6, 6.07) is 12.6. The van der Waals surface area contributed by atoms with Gasteiger partial charge in [-0.05, 0) is 88.6 Å². The quantitative estimate of drug-likeness (QED) is 0.0707. The topological polar surface area (TPSA) is 211 Å². The molecule has 2 aromatic carbocycles. The van der Waals surface area contributed by atoms with Crippen LogP contribution in [-0.2, 0) is 30.5 Å². The minimum Gasteiger partial charge on any atom is -0.444 e. The normalized spacial score (nSPS) is 13.8. The molecule has 0 spiro atoms. The Kier molecular flexibility index (Phi) is 17.3. The molecule has 0 aliphatic carbocycles. The standard InChI is InChI=1S/C43H61F2N7O7/c1-28(54)43(47,18-11-12-19-50-40(58)59-42(5,6)7)39(57)49-21-20-48-38(56)34(46)17-22-52(36(55)27-53)37(41(2,3)4)35-23-30(32-24-31(44)15-16-33(32)45)26-51(35)25-29-13-9-8-10-14-29/h8-10,13-16,23-24,26,34,37,53H,11-12,17-22,25,27,46-47H2,1-7H3,(H,48,56)(H,49,57)(H,50,58)/t34-,37-,43+/m0/s1. The summed E-state index contributed by atoms with van der Waals surface area (Å²) >= 11 is 0. The molecule has 3 atom stereocenters. The third-order valence-electron chi connectivity index (χ3n) is 9.66. The molecule has 0 bridgehead atoms. The number of nitrogens with two attached hydrogens (primary N) is 2. The van der Waals surface area contributed by atoms with Crippen molar-refractivity contribution in [1.29, 1.82) is 0 Å². The number of ether oxygens (including phenoxy) is 1. The molecule has 3 rings (SSSR count). The van der Waals surface area contributed by atoms with E-state index in [4.69, 9.17) is 16.2 Å². The highest BCUT2D eigenvalue weighted by molar-refractivity contribution is 6.09. The van der Waals surface area contributed by atoms with Crippen molar-refractivity contribution in [3.8, 4) is 11.1 Å². The number of rotatable bonds is 20. The number of aliphatic hydroxyl groups is 1. The minimum absolute atomic E-state index is 0.0136. The number of amides is 4. The molecule has 14 nitrogen and oxygen atoms in total. The van der Waals surface area contributed by atoms with Crippen LogP contribution in [0.2, 0.25) is 0 Å². The molecule has 0 unspecified atom stereocenters. The van der Waals surface area contributed by atoms with Gasteiger partial charge in [0.1, 0.15) is 23.8 Å². The molecule has 59 heavy (non-hydrogen) atoms. The second-order valence-corrected chi connectivity index (χ2v) is 16.8. The highest BCUT2D eigenvalue weighted by atomic mass is 19.1. The Morgan fingerprint density at radius 2 is 1.56 bits per heavy atom. The van der Waals surface area contributed by atoms with Gasteiger partial charge in [-0.15, -0.1) is 0 Å². The van der Waals surface area contributed by atoms with Gasteiger partial charge >= 0.3 is 6.09 Å². The number of ketones is 1. The van der Waals surface area contributed by atoms with Gasteiger partial charge in [0, 0.05) is 55.7 Å². The van der Waals surface area contributed by atoms with Crippen molar-refractivity contribution in [2.75, 3.05) is 32.8 Å². The summed E-state index contributed by atoms with van der Waals surface area (Å²) in [7, 11) is 0. The van der Waals surface area contributed by atoms with Crippen molar-refractivity contribution in [3.05, 3.63) is 83.7 Å². The van der Waals surface area contributed by atoms with Crippen LogP contribution in [0.3, 0.4) is 0 Å². The van der Waals surface area contributed by atoms with E-state index in [-0.39, 0.29) is 44.6 Å². The van der Waals surface area contributed by atoms with Gasteiger partial charge in [0.25, 0.3) is 0 Å². The zero-order valence-corrected chi connectivity index (χ0v) is 35.2. The monoisotopic (exact) mass is 825 g/mol. The summed E-state index contributed by atoms with van der Waals surface area (Å²) in [4.78, 5) is 65.3. The third kappa shape index (κ3) is 14.3. The Balaban J connectivity index is 1.69. The molecule has 4 amide bonds. The molecule has 0 aliphatic heterocycles. The van der Waals surface area contributed by atoms with Crippen molar-refractivity contribution in [1.82, 2.24) is 25.4 Å². The lowest BCUT2D eigenvalue weighted by molar-refractivity contribution is -0.140. The zero-order valence-electron chi connectivity index (χ0n) is 35.2. The first-order valence-corrected chi connectivity index (χ1v) is 19.8. The van der Waals surface area contributed by atoms with Crippen LogP contribution in [0.5, 0.6) is 0 Å². The number of Topliss-reactive ketones (excluding diaryl/α,β-unsaturated/α-hetero) is 1. The van der Waals surface area contributed by atoms with Crippen LogP contribution in [0.4, 0.5) is 13.6 Å². The Hall–Kier alpha value is -5.19. The number of hydrogen-bond donors (Lipinski definition) is 6. The first-order chi connectivity index (χ1) is 27.6. The fourth-order valence-corrected chi connectivity index (χ4v) is 6.64. The lowest BCUT2D eigenvalue weighted by Gasteiger charge is -2.41. The van der Waals surface area contributed by atoms with Crippen molar-refractivity contribution in [2.45, 2.75) is 104 Å². The maximum atomic E-state index is 15.1. The average Bonchev–Trinajstić information content (AvgIpc) is 3.55. The van der Waals surface area contributed by atoms with Crippen molar-refractivity contribution in [3.63, 3.8) is 0 Å². The number of benzene rings is 2. The van der Waals surface area contributed by atoms with E-state index in [1.165, 1.54) is 11.8 Å². The van der Waals surface area contributed by atoms with Crippen LogP contribution in [0.15, 0.2) is 60.8 Å². The highest BCUT2D eigenvalue weighted by Crippen LogP contribution is 2.41. The molecule has 3 aromatic rings. The van der Waals surface area contributed by atoms with E-state index in [2.05, 4.69) is 16.0 Å². The summed E-state index contributed by atoms with van der Waals surface area (Å²) < 4.78 is 36.5. The average molecular weight is 826 g/mol. The first-order valence-electron chi connectivity index (χ1n) is 19.8. The van der Waals surface area contributed by atoms with E-state index in [1.807, 2.05) is 55.7 Å². The van der Waals surface area contributed by atoms with E-state index < -0.39 is 76.5 Å². The Morgan fingerprint density at radius 3 is 2.17 bits per heavy atom. The molecule has 324 valence electrons. The molecule has 0 saturated carbocycles. The number of hydrogen-bond acceptors (Lipinski definition) is 9. The number of aliphatic hydroxyl groups excluding tert-OH is 1. The van der Waals surface area contributed by atoms with Gasteiger partial charge in [0.15, 0.2) is 11.3 Å². The lowest BCUT2D eigenvalue weighted by Crippen LogP contribution is -2.59.